The summed E-state index contributed by atoms with van der Waals surface area (Å²) in [5.41, 5.74) is 1.33. The summed E-state index contributed by atoms with van der Waals surface area (Å²) in [5.74, 6) is -2.11. The molecule has 3 N–H and O–H groups in total. The standard InChI is InChI=1S/C25H20N4O5/c30-20-12-11-19(23(32)27-20)29-13-15-7-3-9-17(21(15)24(29)33)22(31)28-25(34)26-18-10-4-6-14-5-1-2-8-16(14)18/h1-10,19H,11-13H2,(H,27,30,32)(H2,26,28,31,34). The lowest BCUT2D eigenvalue weighted by Crippen LogP contribution is -2.52. The Kier molecular flexibility index (Phi) is 5.29. The van der Waals surface area contributed by atoms with Crippen molar-refractivity contribution in [1.29, 1.82) is 0 Å². The van der Waals surface area contributed by atoms with Gasteiger partial charge >= 0.3 is 6.03 Å². The van der Waals surface area contributed by atoms with Crippen LogP contribution in [-0.4, -0.2) is 40.6 Å². The SMILES string of the molecule is O=C1CCC(N2Cc3cccc(C(=O)NC(=O)Nc4cccc5ccccc45)c3C2=O)C(=O)N1. The van der Waals surface area contributed by atoms with Crippen LogP contribution in [0, 0.1) is 0 Å². The van der Waals surface area contributed by atoms with E-state index < -0.39 is 29.8 Å². The van der Waals surface area contributed by atoms with Crippen LogP contribution in [0.5, 0.6) is 0 Å². The minimum atomic E-state index is -0.789. The number of urea groups is 1. The molecule has 34 heavy (non-hydrogen) atoms. The summed E-state index contributed by atoms with van der Waals surface area (Å²) in [6.45, 7) is 0.143. The van der Waals surface area contributed by atoms with E-state index in [4.69, 9.17) is 0 Å². The second kappa shape index (κ2) is 8.43. The molecule has 2 aliphatic heterocycles. The second-order valence-corrected chi connectivity index (χ2v) is 8.17. The molecule has 1 saturated heterocycles. The highest BCUT2D eigenvalue weighted by molar-refractivity contribution is 6.16. The number of carbonyl (C=O) groups is 5. The van der Waals surface area contributed by atoms with Gasteiger partial charge in [-0.15, -0.1) is 0 Å². The fraction of sp³-hybridized carbons (Fsp3) is 0.160. The van der Waals surface area contributed by atoms with E-state index in [-0.39, 0.29) is 36.4 Å². The largest absolute Gasteiger partial charge is 0.326 e. The zero-order chi connectivity index (χ0) is 23.8. The Bertz CT molecular complexity index is 1380. The molecule has 0 aliphatic carbocycles. The molecule has 2 heterocycles. The lowest BCUT2D eigenvalue weighted by atomic mass is 10.0. The van der Waals surface area contributed by atoms with Gasteiger partial charge in [0.05, 0.1) is 16.8 Å². The van der Waals surface area contributed by atoms with E-state index in [1.165, 1.54) is 11.0 Å². The molecule has 2 aliphatic rings. The maximum absolute atomic E-state index is 13.2. The number of anilines is 1. The van der Waals surface area contributed by atoms with Crippen molar-refractivity contribution in [2.24, 2.45) is 0 Å². The van der Waals surface area contributed by atoms with Gasteiger partial charge < -0.3 is 10.2 Å². The van der Waals surface area contributed by atoms with Crippen molar-refractivity contribution in [2.45, 2.75) is 25.4 Å². The third-order valence-corrected chi connectivity index (χ3v) is 6.06. The van der Waals surface area contributed by atoms with Gasteiger partial charge in [0.2, 0.25) is 11.8 Å². The number of nitrogens with zero attached hydrogens (tertiary/aromatic N) is 1. The second-order valence-electron chi connectivity index (χ2n) is 8.17. The van der Waals surface area contributed by atoms with Crippen LogP contribution in [0.1, 0.15) is 39.1 Å². The third kappa shape index (κ3) is 3.77. The molecule has 0 aromatic heterocycles. The van der Waals surface area contributed by atoms with Crippen LogP contribution in [-0.2, 0) is 16.1 Å². The number of nitrogens with one attached hydrogen (secondary N) is 3. The fourth-order valence-electron chi connectivity index (χ4n) is 4.46. The first-order chi connectivity index (χ1) is 16.4. The molecule has 0 bridgehead atoms. The lowest BCUT2D eigenvalue weighted by molar-refractivity contribution is -0.136. The van der Waals surface area contributed by atoms with Gasteiger partial charge in [0, 0.05) is 18.4 Å². The zero-order valence-electron chi connectivity index (χ0n) is 18.0. The molecule has 0 radical (unpaired) electrons. The Hall–Kier alpha value is -4.53. The van der Waals surface area contributed by atoms with Crippen molar-refractivity contribution in [3.63, 3.8) is 0 Å². The highest BCUT2D eigenvalue weighted by Crippen LogP contribution is 2.30. The van der Waals surface area contributed by atoms with Crippen LogP contribution in [0.4, 0.5) is 10.5 Å². The average Bonchev–Trinajstić information content (AvgIpc) is 3.15. The van der Waals surface area contributed by atoms with Crippen LogP contribution in [0.25, 0.3) is 10.8 Å². The number of hydrogen-bond donors (Lipinski definition) is 3. The van der Waals surface area contributed by atoms with Gasteiger partial charge in [-0.2, -0.15) is 0 Å². The van der Waals surface area contributed by atoms with Crippen molar-refractivity contribution < 1.29 is 24.0 Å². The van der Waals surface area contributed by atoms with Crippen LogP contribution in [0.15, 0.2) is 60.7 Å². The molecule has 3 aromatic carbocycles. The van der Waals surface area contributed by atoms with E-state index in [1.807, 2.05) is 30.3 Å². The molecular formula is C25H20N4O5. The minimum absolute atomic E-state index is 0.0466. The molecule has 0 spiro atoms. The Morgan fingerprint density at radius 1 is 0.941 bits per heavy atom. The summed E-state index contributed by atoms with van der Waals surface area (Å²) < 4.78 is 0. The number of hydrogen-bond acceptors (Lipinski definition) is 5. The predicted octanol–water partition coefficient (Wildman–Crippen LogP) is 2.56. The number of piperidine rings is 1. The van der Waals surface area contributed by atoms with Gasteiger partial charge in [0.1, 0.15) is 6.04 Å². The smallest absolute Gasteiger partial charge is 0.322 e. The third-order valence-electron chi connectivity index (χ3n) is 6.06. The number of carbonyl (C=O) groups excluding carboxylic acids is 5. The van der Waals surface area contributed by atoms with Crippen LogP contribution in [0.3, 0.4) is 0 Å². The summed E-state index contributed by atoms with van der Waals surface area (Å²) in [4.78, 5) is 63.8. The molecule has 9 heteroatoms. The van der Waals surface area contributed by atoms with Crippen molar-refractivity contribution in [1.82, 2.24) is 15.5 Å². The van der Waals surface area contributed by atoms with Crippen LogP contribution < -0.4 is 16.0 Å². The Morgan fingerprint density at radius 3 is 2.53 bits per heavy atom. The predicted molar refractivity (Wildman–Crippen MR) is 123 cm³/mol. The summed E-state index contributed by atoms with van der Waals surface area (Å²) in [5, 5.41) is 8.98. The van der Waals surface area contributed by atoms with Gasteiger partial charge in [-0.3, -0.25) is 29.8 Å². The number of rotatable bonds is 3. The highest BCUT2D eigenvalue weighted by atomic mass is 16.2. The first-order valence-corrected chi connectivity index (χ1v) is 10.8. The van der Waals surface area contributed by atoms with Crippen molar-refractivity contribution in [2.75, 3.05) is 5.32 Å². The van der Waals surface area contributed by atoms with Gasteiger partial charge in [-0.25, -0.2) is 4.79 Å². The summed E-state index contributed by atoms with van der Waals surface area (Å²) in [7, 11) is 0. The first-order valence-electron chi connectivity index (χ1n) is 10.8. The maximum Gasteiger partial charge on any atom is 0.326 e. The first kappa shape index (κ1) is 21.3. The van der Waals surface area contributed by atoms with E-state index in [0.29, 0.717) is 11.3 Å². The lowest BCUT2D eigenvalue weighted by Gasteiger charge is -2.29. The summed E-state index contributed by atoms with van der Waals surface area (Å²) in [6, 6.07) is 16.2. The molecule has 5 rings (SSSR count). The van der Waals surface area contributed by atoms with Gasteiger partial charge in [0.25, 0.3) is 11.8 Å². The Morgan fingerprint density at radius 2 is 1.71 bits per heavy atom. The molecule has 0 saturated carbocycles. The van der Waals surface area contributed by atoms with Gasteiger partial charge in [0.15, 0.2) is 0 Å². The average molecular weight is 456 g/mol. The van der Waals surface area contributed by atoms with E-state index in [0.717, 1.165) is 10.8 Å². The Balaban J connectivity index is 1.34. The zero-order valence-corrected chi connectivity index (χ0v) is 18.0. The van der Waals surface area contributed by atoms with E-state index in [9.17, 15) is 24.0 Å². The van der Waals surface area contributed by atoms with E-state index >= 15 is 0 Å². The molecule has 1 unspecified atom stereocenters. The van der Waals surface area contributed by atoms with E-state index in [1.54, 1.807) is 24.3 Å². The Labute approximate surface area is 194 Å². The molecule has 6 amide bonds. The summed E-state index contributed by atoms with van der Waals surface area (Å²) in [6.07, 6.45) is 0.359. The quantitative estimate of drug-likeness (QED) is 0.523. The molecule has 9 nitrogen and oxygen atoms in total. The van der Waals surface area contributed by atoms with Crippen LogP contribution in [0.2, 0.25) is 0 Å². The number of fused-ring (bicyclic) bond motifs is 2. The van der Waals surface area contributed by atoms with Gasteiger partial charge in [-0.1, -0.05) is 48.5 Å². The topological polar surface area (TPSA) is 125 Å². The summed E-state index contributed by atoms with van der Waals surface area (Å²) >= 11 is 0. The van der Waals surface area contributed by atoms with Crippen LogP contribution >= 0.6 is 0 Å². The molecule has 1 fully saturated rings. The van der Waals surface area contributed by atoms with Crippen molar-refractivity contribution in [3.05, 3.63) is 77.4 Å². The fourth-order valence-corrected chi connectivity index (χ4v) is 4.46. The number of benzene rings is 3. The molecule has 170 valence electrons. The van der Waals surface area contributed by atoms with E-state index in [2.05, 4.69) is 16.0 Å². The number of amides is 6. The van der Waals surface area contributed by atoms with Crippen molar-refractivity contribution >= 4 is 46.1 Å². The monoisotopic (exact) mass is 456 g/mol. The molecular weight excluding hydrogens is 436 g/mol. The molecule has 1 atom stereocenters. The maximum atomic E-state index is 13.2. The highest BCUT2D eigenvalue weighted by Gasteiger charge is 2.40. The minimum Gasteiger partial charge on any atom is -0.322 e. The van der Waals surface area contributed by atoms with Gasteiger partial charge in [-0.05, 0) is 29.5 Å². The number of imide groups is 2. The normalized spacial score (nSPS) is 17.4. The van der Waals surface area contributed by atoms with Crippen molar-refractivity contribution in [3.8, 4) is 0 Å². The molecule has 3 aromatic rings.